The van der Waals surface area contributed by atoms with Gasteiger partial charge in [0.05, 0.1) is 0 Å². The molecule has 0 fully saturated rings. The molecule has 0 aliphatic heterocycles. The van der Waals surface area contributed by atoms with Gasteiger partial charge in [-0.1, -0.05) is 109 Å². The van der Waals surface area contributed by atoms with Crippen molar-refractivity contribution in [1.29, 1.82) is 0 Å². The molecule has 0 aromatic heterocycles. The molecule has 0 nitrogen and oxygen atoms in total. The van der Waals surface area contributed by atoms with E-state index in [1.165, 1.54) is 38.8 Å². The molecule has 4 aromatic rings. The lowest BCUT2D eigenvalue weighted by Gasteiger charge is -2.10. The molecule has 0 saturated heterocycles. The molecule has 0 atom stereocenters. The van der Waals surface area contributed by atoms with Crippen LogP contribution in [0.5, 0.6) is 0 Å². The second-order valence-electron chi connectivity index (χ2n) is 6.44. The first-order valence-corrected chi connectivity index (χ1v) is 8.99. The van der Waals surface area contributed by atoms with Crippen LogP contribution in [0.4, 0.5) is 0 Å². The summed E-state index contributed by atoms with van der Waals surface area (Å²) in [5.74, 6) is 0. The Morgan fingerprint density at radius 1 is 0.423 bits per heavy atom. The molecule has 0 unspecified atom stereocenters. The molecule has 0 spiro atoms. The fourth-order valence-electron chi connectivity index (χ4n) is 3.27. The molecule has 1 heteroatoms. The van der Waals surface area contributed by atoms with Gasteiger partial charge in [0.15, 0.2) is 0 Å². The fraction of sp³-hybridized carbons (Fsp3) is 0.0400. The molecule has 0 bridgehead atoms. The van der Waals surface area contributed by atoms with Crippen molar-refractivity contribution in [1.82, 2.24) is 0 Å². The average Bonchev–Trinajstić information content (AvgIpc) is 2.75. The van der Waals surface area contributed by atoms with Crippen LogP contribution in [0.15, 0.2) is 103 Å². The van der Waals surface area contributed by atoms with E-state index in [-0.39, 0.29) is 0 Å². The molecule has 4 rings (SSSR count). The molecule has 26 heavy (non-hydrogen) atoms. The zero-order chi connectivity index (χ0) is 17.8. The first-order chi connectivity index (χ1) is 12.8. The van der Waals surface area contributed by atoms with Gasteiger partial charge in [-0.3, -0.25) is 0 Å². The minimum absolute atomic E-state index is 1.24. The Morgan fingerprint density at radius 2 is 0.808 bits per heavy atom. The maximum absolute atomic E-state index is 2.28. The smallest absolute Gasteiger partial charge is 0.0872 e. The highest BCUT2D eigenvalue weighted by Crippen LogP contribution is 2.28. The molecule has 0 aliphatic carbocycles. The van der Waals surface area contributed by atoms with Crippen molar-refractivity contribution < 1.29 is 0 Å². The van der Waals surface area contributed by atoms with E-state index in [9.17, 15) is 0 Å². The summed E-state index contributed by atoms with van der Waals surface area (Å²) in [4.78, 5) is 0. The van der Waals surface area contributed by atoms with Crippen LogP contribution in [0.3, 0.4) is 0 Å². The van der Waals surface area contributed by atoms with Gasteiger partial charge in [-0.25, -0.2) is 0 Å². The third-order valence-corrected chi connectivity index (χ3v) is 4.72. The van der Waals surface area contributed by atoms with Gasteiger partial charge in [0, 0.05) is 0 Å². The van der Waals surface area contributed by atoms with Crippen LogP contribution in [0.25, 0.3) is 33.4 Å². The van der Waals surface area contributed by atoms with E-state index in [1.807, 2.05) is 0 Å². The van der Waals surface area contributed by atoms with Crippen molar-refractivity contribution in [3.63, 3.8) is 0 Å². The van der Waals surface area contributed by atoms with Crippen LogP contribution in [-0.4, -0.2) is 7.28 Å². The molecule has 0 heterocycles. The number of hydrogen-bond donors (Lipinski definition) is 0. The van der Waals surface area contributed by atoms with E-state index in [0.717, 1.165) is 0 Å². The molecule has 123 valence electrons. The molecule has 0 amide bonds. The summed E-state index contributed by atoms with van der Waals surface area (Å²) in [5.41, 5.74) is 8.73. The van der Waals surface area contributed by atoms with E-state index in [0.29, 0.717) is 0 Å². The third kappa shape index (κ3) is 3.48. The first-order valence-electron chi connectivity index (χ1n) is 8.99. The zero-order valence-electron chi connectivity index (χ0n) is 14.9. The monoisotopic (exact) mass is 331 g/mol. The average molecular weight is 331 g/mol. The van der Waals surface area contributed by atoms with Crippen molar-refractivity contribution in [2.45, 2.75) is 6.82 Å². The Balaban J connectivity index is 1.73. The molecule has 0 saturated carbocycles. The predicted molar refractivity (Wildman–Crippen MR) is 114 cm³/mol. The van der Waals surface area contributed by atoms with Crippen molar-refractivity contribution in [2.24, 2.45) is 0 Å². The van der Waals surface area contributed by atoms with Gasteiger partial charge in [-0.15, -0.1) is 0 Å². The minimum Gasteiger partial charge on any atom is -0.0872 e. The lowest BCUT2D eigenvalue weighted by molar-refractivity contribution is 1.58. The van der Waals surface area contributed by atoms with E-state index >= 15 is 0 Å². The van der Waals surface area contributed by atoms with Gasteiger partial charge in [-0.2, -0.15) is 0 Å². The summed E-state index contributed by atoms with van der Waals surface area (Å²) in [6.07, 6.45) is 0. The van der Waals surface area contributed by atoms with Gasteiger partial charge in [0.2, 0.25) is 0 Å². The normalized spacial score (nSPS) is 10.5. The van der Waals surface area contributed by atoms with Gasteiger partial charge < -0.3 is 0 Å². The number of benzene rings is 4. The number of hydrogen-bond acceptors (Lipinski definition) is 0. The van der Waals surface area contributed by atoms with Gasteiger partial charge in [0.1, 0.15) is 7.28 Å². The van der Waals surface area contributed by atoms with E-state index in [4.69, 9.17) is 0 Å². The van der Waals surface area contributed by atoms with Crippen LogP contribution >= 0.6 is 0 Å². The Hall–Kier alpha value is -3.06. The van der Waals surface area contributed by atoms with Gasteiger partial charge >= 0.3 is 0 Å². The summed E-state index contributed by atoms with van der Waals surface area (Å²) < 4.78 is 0. The lowest BCUT2D eigenvalue weighted by Crippen LogP contribution is -2.10. The lowest BCUT2D eigenvalue weighted by atomic mass is 9.71. The van der Waals surface area contributed by atoms with E-state index in [2.05, 4.69) is 117 Å². The maximum Gasteiger partial charge on any atom is 0.148 e. The standard InChI is InChI=1S/C25H20B/c1-26-25-17-23(20-10-6-3-7-11-20)16-24(18-25)22-14-12-21(13-15-22)19-8-4-2-5-9-19/h2-18H,1H3. The van der Waals surface area contributed by atoms with Crippen LogP contribution in [-0.2, 0) is 0 Å². The second kappa shape index (κ2) is 7.45. The van der Waals surface area contributed by atoms with Crippen LogP contribution < -0.4 is 5.46 Å². The fourth-order valence-corrected chi connectivity index (χ4v) is 3.27. The van der Waals surface area contributed by atoms with Crippen LogP contribution in [0, 0.1) is 0 Å². The molecule has 0 N–H and O–H groups in total. The first kappa shape index (κ1) is 16.4. The molecular weight excluding hydrogens is 311 g/mol. The van der Waals surface area contributed by atoms with Crippen molar-refractivity contribution in [3.8, 4) is 33.4 Å². The molecule has 0 aliphatic rings. The summed E-state index contributed by atoms with van der Waals surface area (Å²) in [7, 11) is 2.16. The van der Waals surface area contributed by atoms with Gasteiger partial charge in [-0.05, 0) is 39.4 Å². The highest BCUT2D eigenvalue weighted by atomic mass is 14.1. The Labute approximate surface area is 156 Å². The van der Waals surface area contributed by atoms with Crippen molar-refractivity contribution in [3.05, 3.63) is 103 Å². The van der Waals surface area contributed by atoms with Crippen LogP contribution in [0.1, 0.15) is 0 Å². The van der Waals surface area contributed by atoms with Gasteiger partial charge in [0.25, 0.3) is 0 Å². The third-order valence-electron chi connectivity index (χ3n) is 4.72. The zero-order valence-corrected chi connectivity index (χ0v) is 14.9. The highest BCUT2D eigenvalue weighted by Gasteiger charge is 2.06. The van der Waals surface area contributed by atoms with Crippen LogP contribution in [0.2, 0.25) is 6.82 Å². The van der Waals surface area contributed by atoms with Crippen molar-refractivity contribution in [2.75, 3.05) is 0 Å². The molecular formula is C25H20B. The Morgan fingerprint density at radius 3 is 1.27 bits per heavy atom. The molecule has 4 aromatic carbocycles. The Kier molecular flexibility index (Phi) is 4.70. The summed E-state index contributed by atoms with van der Waals surface area (Å²) >= 11 is 0. The predicted octanol–water partition coefficient (Wildman–Crippen LogP) is 6.07. The number of rotatable bonds is 4. The maximum atomic E-state index is 2.28. The minimum atomic E-state index is 1.24. The largest absolute Gasteiger partial charge is 0.148 e. The quantitative estimate of drug-likeness (QED) is 0.398. The Bertz CT molecular complexity index is 987. The second-order valence-corrected chi connectivity index (χ2v) is 6.44. The van der Waals surface area contributed by atoms with E-state index < -0.39 is 0 Å². The summed E-state index contributed by atoms with van der Waals surface area (Å²) in [6.45, 7) is 2.09. The van der Waals surface area contributed by atoms with Crippen molar-refractivity contribution >= 4 is 12.7 Å². The van der Waals surface area contributed by atoms with E-state index in [1.54, 1.807) is 0 Å². The SMILES string of the molecule is C[B]c1cc(-c2ccccc2)cc(-c2ccc(-c3ccccc3)cc2)c1. The molecule has 1 radical (unpaired) electrons. The highest BCUT2D eigenvalue weighted by molar-refractivity contribution is 6.52. The topological polar surface area (TPSA) is 0 Å². The summed E-state index contributed by atoms with van der Waals surface area (Å²) in [6, 6.07) is 36.7. The summed E-state index contributed by atoms with van der Waals surface area (Å²) in [5, 5.41) is 0.